The minimum Gasteiger partial charge on any atom is -0.382 e. The molecule has 1 aliphatic heterocycles. The molecule has 1 saturated heterocycles. The van der Waals surface area contributed by atoms with E-state index in [9.17, 15) is 4.79 Å². The third kappa shape index (κ3) is 2.64. The second kappa shape index (κ2) is 5.39. The number of nitrogen functional groups attached to an aromatic ring is 1. The van der Waals surface area contributed by atoms with E-state index in [1.54, 1.807) is 6.92 Å². The Bertz CT molecular complexity index is 403. The molecule has 18 heavy (non-hydrogen) atoms. The fraction of sp³-hybridized carbons (Fsp3) is 0.667. The Morgan fingerprint density at radius 2 is 2.22 bits per heavy atom. The van der Waals surface area contributed by atoms with Crippen LogP contribution in [0.3, 0.4) is 0 Å². The van der Waals surface area contributed by atoms with Gasteiger partial charge in [0.2, 0.25) is 0 Å². The van der Waals surface area contributed by atoms with Crippen molar-refractivity contribution in [3.63, 3.8) is 0 Å². The summed E-state index contributed by atoms with van der Waals surface area (Å²) in [7, 11) is 0. The predicted octanol–water partition coefficient (Wildman–Crippen LogP) is 0.514. The maximum Gasteiger partial charge on any atom is 0.256 e. The highest BCUT2D eigenvalue weighted by atomic mass is 16.1. The van der Waals surface area contributed by atoms with E-state index < -0.39 is 0 Å². The van der Waals surface area contributed by atoms with Crippen LogP contribution in [0.4, 0.5) is 5.82 Å². The van der Waals surface area contributed by atoms with Crippen LogP contribution in [0.2, 0.25) is 0 Å². The molecule has 6 heteroatoms. The number of aromatic amines is 1. The molecule has 0 bridgehead atoms. The van der Waals surface area contributed by atoms with Crippen molar-refractivity contribution < 1.29 is 4.79 Å². The zero-order valence-electron chi connectivity index (χ0n) is 11.0. The van der Waals surface area contributed by atoms with Gasteiger partial charge in [0.15, 0.2) is 5.82 Å². The highest BCUT2D eigenvalue weighted by Gasteiger charge is 2.20. The lowest BCUT2D eigenvalue weighted by molar-refractivity contribution is 0.0940. The molecule has 100 valence electrons. The summed E-state index contributed by atoms with van der Waals surface area (Å²) in [6.45, 7) is 6.83. The molecule has 0 saturated carbocycles. The number of likely N-dealkylation sites (tertiary alicyclic amines) is 1. The van der Waals surface area contributed by atoms with Crippen molar-refractivity contribution in [3.8, 4) is 0 Å². The number of hydrogen-bond donors (Lipinski definition) is 3. The average Bonchev–Trinajstić information content (AvgIpc) is 2.96. The van der Waals surface area contributed by atoms with Gasteiger partial charge in [-0.2, -0.15) is 5.10 Å². The Kier molecular flexibility index (Phi) is 3.86. The first-order chi connectivity index (χ1) is 8.59. The SMILES string of the molecule is Cc1[nH]nc(N)c1C(=O)NCC(C)N1CCCC1. The molecule has 1 unspecified atom stereocenters. The minimum atomic E-state index is -0.148. The normalized spacial score (nSPS) is 17.9. The van der Waals surface area contributed by atoms with Crippen LogP contribution in [-0.4, -0.2) is 46.7 Å². The van der Waals surface area contributed by atoms with Crippen molar-refractivity contribution >= 4 is 11.7 Å². The largest absolute Gasteiger partial charge is 0.382 e. The fourth-order valence-electron chi connectivity index (χ4n) is 2.37. The summed E-state index contributed by atoms with van der Waals surface area (Å²) < 4.78 is 0. The molecular weight excluding hydrogens is 230 g/mol. The molecule has 2 rings (SSSR count). The van der Waals surface area contributed by atoms with Crippen LogP contribution in [0.25, 0.3) is 0 Å². The quantitative estimate of drug-likeness (QED) is 0.728. The van der Waals surface area contributed by atoms with Crippen LogP contribution in [0.1, 0.15) is 35.8 Å². The molecule has 4 N–H and O–H groups in total. The molecule has 1 aromatic heterocycles. The van der Waals surface area contributed by atoms with Crippen LogP contribution < -0.4 is 11.1 Å². The summed E-state index contributed by atoms with van der Waals surface area (Å²) in [5.74, 6) is 0.114. The second-order valence-corrected chi connectivity index (χ2v) is 4.91. The first-order valence-electron chi connectivity index (χ1n) is 6.42. The molecule has 1 aromatic rings. The maximum absolute atomic E-state index is 12.0. The van der Waals surface area contributed by atoms with Crippen molar-refractivity contribution in [2.75, 3.05) is 25.4 Å². The zero-order chi connectivity index (χ0) is 13.1. The lowest BCUT2D eigenvalue weighted by Crippen LogP contribution is -2.40. The predicted molar refractivity (Wildman–Crippen MR) is 70.3 cm³/mol. The number of carbonyl (C=O) groups is 1. The lowest BCUT2D eigenvalue weighted by atomic mass is 10.2. The number of hydrogen-bond acceptors (Lipinski definition) is 4. The van der Waals surface area contributed by atoms with Gasteiger partial charge in [-0.15, -0.1) is 0 Å². The van der Waals surface area contributed by atoms with E-state index in [2.05, 4.69) is 27.3 Å². The molecular formula is C12H21N5O. The summed E-state index contributed by atoms with van der Waals surface area (Å²) in [6, 6.07) is 0.366. The van der Waals surface area contributed by atoms with E-state index >= 15 is 0 Å². The summed E-state index contributed by atoms with van der Waals surface area (Å²) >= 11 is 0. The van der Waals surface area contributed by atoms with Gasteiger partial charge in [-0.1, -0.05) is 0 Å². The summed E-state index contributed by atoms with van der Waals surface area (Å²) in [4.78, 5) is 14.4. The van der Waals surface area contributed by atoms with E-state index in [1.165, 1.54) is 12.8 Å². The number of amides is 1. The molecule has 0 aromatic carbocycles. The van der Waals surface area contributed by atoms with Crippen LogP contribution in [0.5, 0.6) is 0 Å². The first kappa shape index (κ1) is 12.9. The van der Waals surface area contributed by atoms with Gasteiger partial charge in [0.1, 0.15) is 5.56 Å². The molecule has 0 spiro atoms. The number of nitrogens with two attached hydrogens (primary N) is 1. The van der Waals surface area contributed by atoms with Gasteiger partial charge in [0.05, 0.1) is 0 Å². The van der Waals surface area contributed by atoms with Crippen LogP contribution >= 0.6 is 0 Å². The number of aryl methyl sites for hydroxylation is 1. The summed E-state index contributed by atoms with van der Waals surface area (Å²) in [5, 5.41) is 9.46. The van der Waals surface area contributed by atoms with E-state index in [1.807, 2.05) is 0 Å². The number of H-pyrrole nitrogens is 1. The molecule has 2 heterocycles. The highest BCUT2D eigenvalue weighted by molar-refractivity contribution is 5.99. The topological polar surface area (TPSA) is 87.0 Å². The smallest absolute Gasteiger partial charge is 0.256 e. The molecule has 1 aliphatic rings. The van der Waals surface area contributed by atoms with Gasteiger partial charge < -0.3 is 11.1 Å². The fourth-order valence-corrected chi connectivity index (χ4v) is 2.37. The van der Waals surface area contributed by atoms with Crippen molar-refractivity contribution in [2.24, 2.45) is 0 Å². The second-order valence-electron chi connectivity index (χ2n) is 4.91. The Morgan fingerprint density at radius 1 is 1.56 bits per heavy atom. The van der Waals surface area contributed by atoms with Gasteiger partial charge in [-0.25, -0.2) is 0 Å². The van der Waals surface area contributed by atoms with Crippen LogP contribution in [0, 0.1) is 6.92 Å². The number of nitrogens with one attached hydrogen (secondary N) is 2. The number of aromatic nitrogens is 2. The van der Waals surface area contributed by atoms with Gasteiger partial charge in [0, 0.05) is 18.3 Å². The minimum absolute atomic E-state index is 0.148. The Labute approximate surface area is 107 Å². The molecule has 6 nitrogen and oxygen atoms in total. The van der Waals surface area contributed by atoms with Gasteiger partial charge in [-0.3, -0.25) is 14.8 Å². The van der Waals surface area contributed by atoms with Gasteiger partial charge in [0.25, 0.3) is 5.91 Å². The van der Waals surface area contributed by atoms with E-state index in [4.69, 9.17) is 5.73 Å². The third-order valence-corrected chi connectivity index (χ3v) is 3.52. The lowest BCUT2D eigenvalue weighted by Gasteiger charge is -2.23. The molecule has 1 atom stereocenters. The first-order valence-corrected chi connectivity index (χ1v) is 6.42. The van der Waals surface area contributed by atoms with Crippen LogP contribution in [0.15, 0.2) is 0 Å². The number of carbonyl (C=O) groups excluding carboxylic acids is 1. The third-order valence-electron chi connectivity index (χ3n) is 3.52. The standard InChI is InChI=1S/C12H21N5O/c1-8(17-5-3-4-6-17)7-14-12(18)10-9(2)15-16-11(10)13/h8H,3-7H2,1-2H3,(H,14,18)(H3,13,15,16). The number of anilines is 1. The van der Waals surface area contributed by atoms with Gasteiger partial charge in [-0.05, 0) is 39.8 Å². The van der Waals surface area contributed by atoms with E-state index in [0.29, 0.717) is 23.8 Å². The van der Waals surface area contributed by atoms with Crippen LogP contribution in [-0.2, 0) is 0 Å². The maximum atomic E-state index is 12.0. The monoisotopic (exact) mass is 251 g/mol. The van der Waals surface area contributed by atoms with E-state index in [-0.39, 0.29) is 11.7 Å². The highest BCUT2D eigenvalue weighted by Crippen LogP contribution is 2.13. The average molecular weight is 251 g/mol. The van der Waals surface area contributed by atoms with Crippen molar-refractivity contribution in [2.45, 2.75) is 32.7 Å². The Balaban J connectivity index is 1.88. The molecule has 1 amide bonds. The van der Waals surface area contributed by atoms with E-state index in [0.717, 1.165) is 13.1 Å². The zero-order valence-corrected chi connectivity index (χ0v) is 11.0. The molecule has 0 radical (unpaired) electrons. The number of nitrogens with zero attached hydrogens (tertiary/aromatic N) is 2. The molecule has 1 fully saturated rings. The Morgan fingerprint density at radius 3 is 2.78 bits per heavy atom. The number of rotatable bonds is 4. The summed E-state index contributed by atoms with van der Waals surface area (Å²) in [5.41, 5.74) is 6.83. The van der Waals surface area contributed by atoms with Crippen molar-refractivity contribution in [1.29, 1.82) is 0 Å². The Hall–Kier alpha value is -1.56. The van der Waals surface area contributed by atoms with Crippen molar-refractivity contribution in [3.05, 3.63) is 11.3 Å². The molecule has 0 aliphatic carbocycles. The van der Waals surface area contributed by atoms with Crippen molar-refractivity contribution in [1.82, 2.24) is 20.4 Å². The van der Waals surface area contributed by atoms with Gasteiger partial charge >= 0.3 is 0 Å². The summed E-state index contributed by atoms with van der Waals surface area (Å²) in [6.07, 6.45) is 2.51.